The number of aromatic nitrogens is 3. The Balaban J connectivity index is 1.55. The Labute approximate surface area is 191 Å². The first kappa shape index (κ1) is 23.3. The van der Waals surface area contributed by atoms with Crippen LogP contribution in [-0.4, -0.2) is 38.9 Å². The molecule has 3 aromatic rings. The van der Waals surface area contributed by atoms with Crippen molar-refractivity contribution in [2.24, 2.45) is 7.05 Å². The summed E-state index contributed by atoms with van der Waals surface area (Å²) in [5.74, 6) is 1.24. The lowest BCUT2D eigenvalue weighted by Gasteiger charge is -2.14. The zero-order chi connectivity index (χ0) is 23.1. The maximum atomic E-state index is 12.6. The molecule has 0 aliphatic carbocycles. The summed E-state index contributed by atoms with van der Waals surface area (Å²) in [5, 5.41) is 14.8. The van der Waals surface area contributed by atoms with Gasteiger partial charge in [0.25, 0.3) is 5.91 Å². The summed E-state index contributed by atoms with van der Waals surface area (Å²) < 4.78 is 7.19. The minimum Gasteiger partial charge on any atom is -0.494 e. The fourth-order valence-corrected chi connectivity index (χ4v) is 3.84. The van der Waals surface area contributed by atoms with Gasteiger partial charge in [-0.1, -0.05) is 30.0 Å². The molecular formula is C23H27N5O3S. The van der Waals surface area contributed by atoms with Gasteiger partial charge in [0.05, 0.1) is 18.4 Å². The van der Waals surface area contributed by atoms with E-state index in [1.807, 2.05) is 58.2 Å². The van der Waals surface area contributed by atoms with Crippen LogP contribution in [0.15, 0.2) is 53.7 Å². The normalized spacial score (nSPS) is 11.6. The predicted octanol–water partition coefficient (Wildman–Crippen LogP) is 3.74. The van der Waals surface area contributed by atoms with E-state index in [0.29, 0.717) is 28.8 Å². The fraction of sp³-hybridized carbons (Fsp3) is 0.304. The van der Waals surface area contributed by atoms with E-state index in [4.69, 9.17) is 4.74 Å². The van der Waals surface area contributed by atoms with Gasteiger partial charge in [0.2, 0.25) is 5.91 Å². The maximum Gasteiger partial charge on any atom is 0.252 e. The van der Waals surface area contributed by atoms with E-state index in [1.165, 1.54) is 11.8 Å². The molecule has 9 heteroatoms. The number of rotatable bonds is 9. The molecule has 0 saturated carbocycles. The molecule has 0 bridgehead atoms. The highest BCUT2D eigenvalue weighted by molar-refractivity contribution is 7.99. The molecule has 0 fully saturated rings. The fourth-order valence-electron chi connectivity index (χ4n) is 3.12. The Morgan fingerprint density at radius 2 is 1.84 bits per heavy atom. The second-order valence-electron chi connectivity index (χ2n) is 7.20. The molecule has 0 saturated heterocycles. The van der Waals surface area contributed by atoms with Gasteiger partial charge in [0, 0.05) is 18.3 Å². The number of benzene rings is 2. The lowest BCUT2D eigenvalue weighted by atomic mass is 10.1. The number of anilines is 1. The number of carbonyl (C=O) groups is 2. The number of amides is 2. The number of nitrogens with zero attached hydrogens (tertiary/aromatic N) is 3. The molecular weight excluding hydrogens is 426 g/mol. The molecule has 2 aromatic carbocycles. The highest BCUT2D eigenvalue weighted by atomic mass is 32.2. The molecule has 2 N–H and O–H groups in total. The topological polar surface area (TPSA) is 98.1 Å². The summed E-state index contributed by atoms with van der Waals surface area (Å²) >= 11 is 1.28. The van der Waals surface area contributed by atoms with Crippen LogP contribution in [0.5, 0.6) is 5.75 Å². The predicted molar refractivity (Wildman–Crippen MR) is 125 cm³/mol. The van der Waals surface area contributed by atoms with E-state index >= 15 is 0 Å². The zero-order valence-electron chi connectivity index (χ0n) is 18.6. The lowest BCUT2D eigenvalue weighted by molar-refractivity contribution is -0.113. The average Bonchev–Trinajstić information content (AvgIpc) is 3.14. The Bertz CT molecular complexity index is 1080. The van der Waals surface area contributed by atoms with Crippen molar-refractivity contribution in [3.63, 3.8) is 0 Å². The Morgan fingerprint density at radius 1 is 1.12 bits per heavy atom. The SMILES string of the molecule is CCOc1ccc(NC(=O)CSc2nnc([C@@H](C)NC(=O)c3ccccc3C)n2C)cc1. The van der Waals surface area contributed by atoms with Crippen LogP contribution in [0.3, 0.4) is 0 Å². The van der Waals surface area contributed by atoms with Gasteiger partial charge in [0.15, 0.2) is 11.0 Å². The van der Waals surface area contributed by atoms with Crippen LogP contribution in [0.2, 0.25) is 0 Å². The van der Waals surface area contributed by atoms with Crippen LogP contribution in [0.25, 0.3) is 0 Å². The molecule has 0 unspecified atom stereocenters. The molecule has 3 rings (SSSR count). The molecule has 0 aliphatic heterocycles. The summed E-state index contributed by atoms with van der Waals surface area (Å²) in [5.41, 5.74) is 2.23. The van der Waals surface area contributed by atoms with E-state index in [0.717, 1.165) is 11.3 Å². The minimum atomic E-state index is -0.341. The first-order valence-electron chi connectivity index (χ1n) is 10.3. The second-order valence-corrected chi connectivity index (χ2v) is 8.15. The quantitative estimate of drug-likeness (QED) is 0.479. The summed E-state index contributed by atoms with van der Waals surface area (Å²) in [6.45, 7) is 6.27. The van der Waals surface area contributed by atoms with Gasteiger partial charge < -0.3 is 19.9 Å². The zero-order valence-corrected chi connectivity index (χ0v) is 19.4. The van der Waals surface area contributed by atoms with Crippen LogP contribution in [-0.2, 0) is 11.8 Å². The summed E-state index contributed by atoms with van der Waals surface area (Å²) in [6.07, 6.45) is 0. The van der Waals surface area contributed by atoms with Gasteiger partial charge >= 0.3 is 0 Å². The average molecular weight is 454 g/mol. The maximum absolute atomic E-state index is 12.6. The molecule has 0 radical (unpaired) electrons. The van der Waals surface area contributed by atoms with Crippen molar-refractivity contribution >= 4 is 29.3 Å². The number of carbonyl (C=O) groups excluding carboxylic acids is 2. The van der Waals surface area contributed by atoms with Crippen LogP contribution >= 0.6 is 11.8 Å². The number of aryl methyl sites for hydroxylation is 1. The molecule has 0 aliphatic rings. The van der Waals surface area contributed by atoms with Crippen molar-refractivity contribution in [1.82, 2.24) is 20.1 Å². The van der Waals surface area contributed by atoms with Crippen molar-refractivity contribution in [1.29, 1.82) is 0 Å². The number of nitrogens with one attached hydrogen (secondary N) is 2. The van der Waals surface area contributed by atoms with Crippen molar-refractivity contribution in [2.45, 2.75) is 32.0 Å². The van der Waals surface area contributed by atoms with E-state index < -0.39 is 0 Å². The Kier molecular flexibility index (Phi) is 7.88. The van der Waals surface area contributed by atoms with Gasteiger partial charge in [-0.05, 0) is 56.7 Å². The van der Waals surface area contributed by atoms with Crippen molar-refractivity contribution in [2.75, 3.05) is 17.7 Å². The third-order valence-electron chi connectivity index (χ3n) is 4.77. The van der Waals surface area contributed by atoms with E-state index in [9.17, 15) is 9.59 Å². The van der Waals surface area contributed by atoms with Crippen LogP contribution < -0.4 is 15.4 Å². The van der Waals surface area contributed by atoms with E-state index in [1.54, 1.807) is 22.8 Å². The van der Waals surface area contributed by atoms with Gasteiger partial charge in [-0.25, -0.2) is 0 Å². The van der Waals surface area contributed by atoms with Gasteiger partial charge in [0.1, 0.15) is 5.75 Å². The molecule has 1 heterocycles. The van der Waals surface area contributed by atoms with Crippen molar-refractivity contribution in [3.8, 4) is 5.75 Å². The summed E-state index contributed by atoms with van der Waals surface area (Å²) in [7, 11) is 1.82. The number of ether oxygens (including phenoxy) is 1. The summed E-state index contributed by atoms with van der Waals surface area (Å²) in [4.78, 5) is 24.9. The minimum absolute atomic E-state index is 0.149. The second kappa shape index (κ2) is 10.8. The van der Waals surface area contributed by atoms with Crippen LogP contribution in [0.4, 0.5) is 5.69 Å². The Hall–Kier alpha value is -3.33. The third kappa shape index (κ3) is 5.88. The number of hydrogen-bond acceptors (Lipinski definition) is 6. The molecule has 1 atom stereocenters. The largest absolute Gasteiger partial charge is 0.494 e. The van der Waals surface area contributed by atoms with Crippen molar-refractivity contribution in [3.05, 3.63) is 65.5 Å². The van der Waals surface area contributed by atoms with Crippen LogP contribution in [0.1, 0.15) is 41.6 Å². The van der Waals surface area contributed by atoms with Gasteiger partial charge in [-0.3, -0.25) is 9.59 Å². The molecule has 32 heavy (non-hydrogen) atoms. The monoisotopic (exact) mass is 453 g/mol. The van der Waals surface area contributed by atoms with Gasteiger partial charge in [-0.2, -0.15) is 0 Å². The lowest BCUT2D eigenvalue weighted by Crippen LogP contribution is -2.29. The van der Waals surface area contributed by atoms with E-state index in [-0.39, 0.29) is 23.6 Å². The first-order valence-corrected chi connectivity index (χ1v) is 11.3. The highest BCUT2D eigenvalue weighted by Crippen LogP contribution is 2.21. The Morgan fingerprint density at radius 3 is 2.53 bits per heavy atom. The van der Waals surface area contributed by atoms with Crippen LogP contribution in [0, 0.1) is 6.92 Å². The molecule has 0 spiro atoms. The standard InChI is InChI=1S/C23H27N5O3S/c1-5-31-18-12-10-17(11-13-18)25-20(29)14-32-23-27-26-21(28(23)4)16(3)24-22(30)19-9-7-6-8-15(19)2/h6-13,16H,5,14H2,1-4H3,(H,24,30)(H,25,29)/t16-/m1/s1. The molecule has 1 aromatic heterocycles. The highest BCUT2D eigenvalue weighted by Gasteiger charge is 2.19. The van der Waals surface area contributed by atoms with E-state index in [2.05, 4.69) is 20.8 Å². The number of thioether (sulfide) groups is 1. The molecule has 168 valence electrons. The number of hydrogen-bond donors (Lipinski definition) is 2. The first-order chi connectivity index (χ1) is 15.4. The summed E-state index contributed by atoms with van der Waals surface area (Å²) in [6, 6.07) is 14.3. The molecule has 2 amide bonds. The third-order valence-corrected chi connectivity index (χ3v) is 5.79. The van der Waals surface area contributed by atoms with Gasteiger partial charge in [-0.15, -0.1) is 10.2 Å². The smallest absolute Gasteiger partial charge is 0.252 e. The molecule has 8 nitrogen and oxygen atoms in total. The van der Waals surface area contributed by atoms with Crippen molar-refractivity contribution < 1.29 is 14.3 Å².